The number of hydrogen-bond donors (Lipinski definition) is 0. The molecule has 1 aromatic heterocycles. The average molecular weight is 318 g/mol. The van der Waals surface area contributed by atoms with Gasteiger partial charge in [-0.2, -0.15) is 13.2 Å². The summed E-state index contributed by atoms with van der Waals surface area (Å²) in [5, 5.41) is 0. The van der Waals surface area contributed by atoms with Gasteiger partial charge < -0.3 is 9.30 Å². The van der Waals surface area contributed by atoms with Crippen LogP contribution in [0.25, 0.3) is 0 Å². The number of amides is 1. The van der Waals surface area contributed by atoms with Crippen molar-refractivity contribution in [1.29, 1.82) is 0 Å². The highest BCUT2D eigenvalue weighted by atomic mass is 19.4. The topological polar surface area (TPSA) is 51.5 Å². The molecule has 0 aromatic carbocycles. The number of hydrogen-bond acceptors (Lipinski definition) is 3. The monoisotopic (exact) mass is 318 g/mol. The van der Waals surface area contributed by atoms with E-state index >= 15 is 0 Å². The molecule has 0 radical (unpaired) electrons. The first-order valence-electron chi connectivity index (χ1n) is 6.67. The predicted octanol–water partition coefficient (Wildman–Crippen LogP) is 2.65. The van der Waals surface area contributed by atoms with E-state index in [4.69, 9.17) is 4.74 Å². The molecule has 0 atom stereocenters. The Morgan fingerprint density at radius 1 is 1.23 bits per heavy atom. The Morgan fingerprint density at radius 3 is 2.32 bits per heavy atom. The van der Waals surface area contributed by atoms with E-state index in [0.29, 0.717) is 6.07 Å². The Balaban J connectivity index is 2.40. The van der Waals surface area contributed by atoms with Gasteiger partial charge in [0.1, 0.15) is 5.60 Å². The Kier molecular flexibility index (Phi) is 3.75. The number of carbonyl (C=O) groups excluding carboxylic acids is 1. The summed E-state index contributed by atoms with van der Waals surface area (Å²) >= 11 is 0. The molecule has 1 aliphatic heterocycles. The SMILES string of the molecule is Cn1c2c(c(C(F)(F)F)cc1=O)CN(C(=O)OC(C)(C)C)C2. The standard InChI is InChI=1S/C14H17F3N2O3/c1-13(2,3)22-12(21)19-6-8-9(14(15,16)17)5-11(20)18(4)10(8)7-19/h5H,6-7H2,1-4H3. The molecule has 2 rings (SSSR count). The molecule has 0 N–H and O–H groups in total. The quantitative estimate of drug-likeness (QED) is 0.739. The molecular weight excluding hydrogens is 301 g/mol. The molecule has 0 aliphatic carbocycles. The van der Waals surface area contributed by atoms with Crippen LogP contribution in [0.2, 0.25) is 0 Å². The number of fused-ring (bicyclic) bond motifs is 1. The molecule has 1 aliphatic rings. The maximum absolute atomic E-state index is 13.1. The van der Waals surface area contributed by atoms with Gasteiger partial charge in [0.25, 0.3) is 5.56 Å². The summed E-state index contributed by atoms with van der Waals surface area (Å²) < 4.78 is 45.5. The maximum Gasteiger partial charge on any atom is 0.417 e. The van der Waals surface area contributed by atoms with Gasteiger partial charge in [-0.1, -0.05) is 0 Å². The first kappa shape index (κ1) is 16.4. The average Bonchev–Trinajstić information content (AvgIpc) is 2.75. The van der Waals surface area contributed by atoms with Gasteiger partial charge in [0.15, 0.2) is 0 Å². The number of alkyl halides is 3. The summed E-state index contributed by atoms with van der Waals surface area (Å²) in [4.78, 5) is 24.9. The molecule has 2 heterocycles. The fourth-order valence-electron chi connectivity index (χ4n) is 2.31. The Labute approximate surface area is 125 Å². The highest BCUT2D eigenvalue weighted by Crippen LogP contribution is 2.36. The summed E-state index contributed by atoms with van der Waals surface area (Å²) in [6.45, 7) is 4.70. The van der Waals surface area contributed by atoms with Crippen LogP contribution in [0.5, 0.6) is 0 Å². The zero-order valence-electron chi connectivity index (χ0n) is 12.7. The second-order valence-electron chi connectivity index (χ2n) is 6.21. The van der Waals surface area contributed by atoms with E-state index in [1.807, 2.05) is 0 Å². The van der Waals surface area contributed by atoms with E-state index in [1.165, 1.54) is 7.05 Å². The Morgan fingerprint density at radius 2 is 1.82 bits per heavy atom. The molecule has 0 spiro atoms. The van der Waals surface area contributed by atoms with Crippen LogP contribution in [-0.2, 0) is 31.1 Å². The number of nitrogens with zero attached hydrogens (tertiary/aromatic N) is 2. The van der Waals surface area contributed by atoms with Gasteiger partial charge in [-0.05, 0) is 20.8 Å². The van der Waals surface area contributed by atoms with Gasteiger partial charge >= 0.3 is 12.3 Å². The van der Waals surface area contributed by atoms with Crippen LogP contribution in [0.3, 0.4) is 0 Å². The molecule has 22 heavy (non-hydrogen) atoms. The lowest BCUT2D eigenvalue weighted by atomic mass is 10.1. The van der Waals surface area contributed by atoms with E-state index in [2.05, 4.69) is 0 Å². The number of carbonyl (C=O) groups is 1. The van der Waals surface area contributed by atoms with Gasteiger partial charge in [-0.25, -0.2) is 4.79 Å². The van der Waals surface area contributed by atoms with Crippen LogP contribution in [0.4, 0.5) is 18.0 Å². The molecular formula is C14H17F3N2O3. The van der Waals surface area contributed by atoms with E-state index < -0.39 is 29.0 Å². The second kappa shape index (κ2) is 5.03. The molecule has 0 saturated heterocycles. The highest BCUT2D eigenvalue weighted by Gasteiger charge is 2.40. The molecule has 5 nitrogen and oxygen atoms in total. The number of rotatable bonds is 0. The molecule has 122 valence electrons. The number of halogens is 3. The maximum atomic E-state index is 13.1. The lowest BCUT2D eigenvalue weighted by Gasteiger charge is -2.24. The normalized spacial score (nSPS) is 15.0. The lowest BCUT2D eigenvalue weighted by molar-refractivity contribution is -0.138. The third-order valence-electron chi connectivity index (χ3n) is 3.32. The zero-order chi connectivity index (χ0) is 16.9. The van der Waals surface area contributed by atoms with Gasteiger partial charge in [-0.15, -0.1) is 0 Å². The molecule has 0 bridgehead atoms. The Bertz CT molecular complexity index is 672. The lowest BCUT2D eigenvalue weighted by Crippen LogP contribution is -2.33. The van der Waals surface area contributed by atoms with Crippen LogP contribution in [0, 0.1) is 0 Å². The van der Waals surface area contributed by atoms with Crippen molar-refractivity contribution in [3.8, 4) is 0 Å². The smallest absolute Gasteiger partial charge is 0.417 e. The predicted molar refractivity (Wildman–Crippen MR) is 72.2 cm³/mol. The highest BCUT2D eigenvalue weighted by molar-refractivity contribution is 5.69. The van der Waals surface area contributed by atoms with Crippen molar-refractivity contribution in [2.45, 2.75) is 45.6 Å². The first-order chi connectivity index (χ1) is 9.90. The molecule has 0 fully saturated rings. The third-order valence-corrected chi connectivity index (χ3v) is 3.32. The van der Waals surface area contributed by atoms with Crippen LogP contribution < -0.4 is 5.56 Å². The van der Waals surface area contributed by atoms with Gasteiger partial charge in [0.05, 0.1) is 18.7 Å². The molecule has 1 aromatic rings. The third kappa shape index (κ3) is 3.10. The van der Waals surface area contributed by atoms with Crippen molar-refractivity contribution in [3.63, 3.8) is 0 Å². The number of ether oxygens (including phenoxy) is 1. The summed E-state index contributed by atoms with van der Waals surface area (Å²) in [6, 6.07) is 0.567. The van der Waals surface area contributed by atoms with E-state index in [0.717, 1.165) is 9.47 Å². The van der Waals surface area contributed by atoms with Crippen molar-refractivity contribution < 1.29 is 22.7 Å². The van der Waals surface area contributed by atoms with E-state index in [1.54, 1.807) is 20.8 Å². The van der Waals surface area contributed by atoms with Crippen LogP contribution in [0.15, 0.2) is 10.9 Å². The van der Waals surface area contributed by atoms with Crippen LogP contribution in [-0.4, -0.2) is 21.2 Å². The second-order valence-corrected chi connectivity index (χ2v) is 6.21. The van der Waals surface area contributed by atoms with Crippen LogP contribution in [0.1, 0.15) is 37.6 Å². The van der Waals surface area contributed by atoms with Gasteiger partial charge in [0.2, 0.25) is 0 Å². The van der Waals surface area contributed by atoms with Gasteiger partial charge in [-0.3, -0.25) is 9.69 Å². The zero-order valence-corrected chi connectivity index (χ0v) is 12.7. The molecule has 0 saturated carbocycles. The summed E-state index contributed by atoms with van der Waals surface area (Å²) in [5.74, 6) is 0. The van der Waals surface area contributed by atoms with Gasteiger partial charge in [0, 0.05) is 24.4 Å². The van der Waals surface area contributed by atoms with E-state index in [-0.39, 0.29) is 24.3 Å². The summed E-state index contributed by atoms with van der Waals surface area (Å²) in [7, 11) is 1.39. The van der Waals surface area contributed by atoms with Crippen LogP contribution >= 0.6 is 0 Å². The van der Waals surface area contributed by atoms with Crippen molar-refractivity contribution in [3.05, 3.63) is 33.2 Å². The first-order valence-corrected chi connectivity index (χ1v) is 6.67. The minimum atomic E-state index is -4.64. The molecule has 0 unspecified atom stereocenters. The molecule has 1 amide bonds. The fourth-order valence-corrected chi connectivity index (χ4v) is 2.31. The number of aromatic nitrogens is 1. The minimum Gasteiger partial charge on any atom is -0.444 e. The van der Waals surface area contributed by atoms with E-state index in [9.17, 15) is 22.8 Å². The van der Waals surface area contributed by atoms with Crippen molar-refractivity contribution in [2.24, 2.45) is 7.05 Å². The van der Waals surface area contributed by atoms with Crippen molar-refractivity contribution in [1.82, 2.24) is 9.47 Å². The fraction of sp³-hybridized carbons (Fsp3) is 0.571. The van der Waals surface area contributed by atoms with Crippen molar-refractivity contribution in [2.75, 3.05) is 0 Å². The summed E-state index contributed by atoms with van der Waals surface area (Å²) in [5.41, 5.74) is -2.36. The Hall–Kier alpha value is -1.99. The van der Waals surface area contributed by atoms with Crippen molar-refractivity contribution >= 4 is 6.09 Å². The summed E-state index contributed by atoms with van der Waals surface area (Å²) in [6.07, 6.45) is -5.34. The minimum absolute atomic E-state index is 0.0551. The number of pyridine rings is 1. The largest absolute Gasteiger partial charge is 0.444 e. The molecule has 8 heteroatoms.